The first-order valence-corrected chi connectivity index (χ1v) is 7.77. The predicted molar refractivity (Wildman–Crippen MR) is 88.7 cm³/mol. The molecule has 0 spiro atoms. The fourth-order valence-electron chi connectivity index (χ4n) is 1.74. The summed E-state index contributed by atoms with van der Waals surface area (Å²) in [5.74, 6) is -2.25. The number of hydrogen-bond acceptors (Lipinski definition) is 6. The number of ether oxygens (including phenoxy) is 1. The van der Waals surface area contributed by atoms with Gasteiger partial charge in [-0.15, -0.1) is 0 Å². The lowest BCUT2D eigenvalue weighted by molar-refractivity contribution is -0.141. The lowest BCUT2D eigenvalue weighted by Crippen LogP contribution is -2.56. The van der Waals surface area contributed by atoms with Crippen LogP contribution in [0.1, 0.15) is 12.5 Å². The van der Waals surface area contributed by atoms with E-state index in [0.29, 0.717) is 0 Å². The van der Waals surface area contributed by atoms with Crippen LogP contribution in [0.4, 0.5) is 4.79 Å². The number of carboxylic acids is 1. The van der Waals surface area contributed by atoms with Crippen molar-refractivity contribution in [3.05, 3.63) is 35.9 Å². The summed E-state index contributed by atoms with van der Waals surface area (Å²) < 4.78 is 4.97. The van der Waals surface area contributed by atoms with Crippen molar-refractivity contribution in [1.29, 1.82) is 0 Å². The molecule has 0 aliphatic rings. The molecule has 1 aromatic carbocycles. The first-order chi connectivity index (χ1) is 11.3. The lowest BCUT2D eigenvalue weighted by atomic mass is 10.1. The highest BCUT2D eigenvalue weighted by Crippen LogP contribution is 2.02. The van der Waals surface area contributed by atoms with Gasteiger partial charge in [-0.05, 0) is 12.5 Å². The molecule has 0 unspecified atom stereocenters. The molecule has 24 heavy (non-hydrogen) atoms. The van der Waals surface area contributed by atoms with Crippen LogP contribution in [0.15, 0.2) is 30.3 Å². The number of alkyl carbamates (subject to hydrolysis) is 1. The molecule has 0 aliphatic carbocycles. The second-order valence-corrected chi connectivity index (χ2v) is 5.37. The Bertz CT molecular complexity index is 566. The van der Waals surface area contributed by atoms with Gasteiger partial charge >= 0.3 is 12.1 Å². The second-order valence-electron chi connectivity index (χ2n) is 5.01. The van der Waals surface area contributed by atoms with Crippen molar-refractivity contribution >= 4 is 30.6 Å². The maximum Gasteiger partial charge on any atom is 0.408 e. The fourth-order valence-corrected chi connectivity index (χ4v) is 1.99. The van der Waals surface area contributed by atoms with Crippen LogP contribution in [0.5, 0.6) is 0 Å². The normalized spacial score (nSPS) is 14.1. The Morgan fingerprint density at radius 3 is 2.33 bits per heavy atom. The summed E-state index contributed by atoms with van der Waals surface area (Å²) in [6, 6.07) is 6.32. The Morgan fingerprint density at radius 2 is 1.83 bits per heavy atom. The van der Waals surface area contributed by atoms with E-state index in [0.717, 1.165) is 5.56 Å². The van der Waals surface area contributed by atoms with Crippen LogP contribution in [0.25, 0.3) is 0 Å². The molecule has 4 N–H and O–H groups in total. The minimum atomic E-state index is -1.35. The van der Waals surface area contributed by atoms with Gasteiger partial charge in [-0.3, -0.25) is 4.79 Å². The van der Waals surface area contributed by atoms with Crippen molar-refractivity contribution in [3.8, 4) is 0 Å². The number of benzene rings is 1. The Balaban J connectivity index is 2.59. The number of aliphatic carboxylic acids is 1. The molecular weight excluding hydrogens is 336 g/mol. The molecule has 132 valence electrons. The van der Waals surface area contributed by atoms with E-state index >= 15 is 0 Å². The number of carboxylic acid groups (broad SMARTS) is 1. The first-order valence-electron chi connectivity index (χ1n) is 7.14. The molecule has 0 aliphatic heterocycles. The topological polar surface area (TPSA) is 125 Å². The van der Waals surface area contributed by atoms with E-state index < -0.39 is 36.2 Å². The largest absolute Gasteiger partial charge is 0.480 e. The van der Waals surface area contributed by atoms with E-state index in [9.17, 15) is 19.5 Å². The van der Waals surface area contributed by atoms with Crippen LogP contribution in [-0.4, -0.2) is 52.1 Å². The maximum absolute atomic E-state index is 12.0. The van der Waals surface area contributed by atoms with Crippen LogP contribution in [0, 0.1) is 0 Å². The lowest BCUT2D eigenvalue weighted by Gasteiger charge is -2.22. The summed E-state index contributed by atoms with van der Waals surface area (Å²) in [7, 11) is 0. The minimum Gasteiger partial charge on any atom is -0.480 e. The van der Waals surface area contributed by atoms with Crippen molar-refractivity contribution in [3.63, 3.8) is 0 Å². The van der Waals surface area contributed by atoms with Crippen molar-refractivity contribution in [2.24, 2.45) is 0 Å². The summed E-state index contributed by atoms with van der Waals surface area (Å²) in [6.45, 7) is 1.29. The van der Waals surface area contributed by atoms with Gasteiger partial charge in [-0.25, -0.2) is 9.59 Å². The first kappa shape index (κ1) is 19.8. The predicted octanol–water partition coefficient (Wildman–Crippen LogP) is 0.161. The maximum atomic E-state index is 12.0. The van der Waals surface area contributed by atoms with Gasteiger partial charge in [-0.1, -0.05) is 30.3 Å². The molecule has 0 heterocycles. The molecule has 0 saturated heterocycles. The molecule has 2 amide bonds. The summed E-state index contributed by atoms with van der Waals surface area (Å²) in [5, 5.41) is 22.9. The average molecular weight is 356 g/mol. The Labute approximate surface area is 144 Å². The molecule has 9 heteroatoms. The van der Waals surface area contributed by atoms with Gasteiger partial charge in [0.15, 0.2) is 0 Å². The van der Waals surface area contributed by atoms with E-state index in [-0.39, 0.29) is 12.4 Å². The molecule has 0 bridgehead atoms. The Morgan fingerprint density at radius 1 is 1.21 bits per heavy atom. The molecule has 1 aromatic rings. The highest BCUT2D eigenvalue weighted by atomic mass is 32.1. The number of rotatable bonds is 8. The zero-order valence-electron chi connectivity index (χ0n) is 13.0. The third-order valence-corrected chi connectivity index (χ3v) is 3.41. The van der Waals surface area contributed by atoms with E-state index in [2.05, 4.69) is 23.3 Å². The highest BCUT2D eigenvalue weighted by molar-refractivity contribution is 7.80. The number of aliphatic hydroxyl groups excluding tert-OH is 1. The van der Waals surface area contributed by atoms with Gasteiger partial charge in [0.2, 0.25) is 5.91 Å². The van der Waals surface area contributed by atoms with E-state index in [1.54, 1.807) is 24.3 Å². The van der Waals surface area contributed by atoms with Crippen molar-refractivity contribution in [2.75, 3.05) is 5.75 Å². The molecule has 0 aromatic heterocycles. The molecule has 0 saturated carbocycles. The van der Waals surface area contributed by atoms with Crippen molar-refractivity contribution in [2.45, 2.75) is 31.7 Å². The molecule has 0 radical (unpaired) electrons. The number of carbonyl (C=O) groups excluding carboxylic acids is 2. The number of aliphatic hydroxyl groups is 1. The third kappa shape index (κ3) is 6.47. The number of amides is 2. The van der Waals surface area contributed by atoms with Gasteiger partial charge in [0.05, 0.1) is 6.10 Å². The van der Waals surface area contributed by atoms with Gasteiger partial charge in [0.1, 0.15) is 18.7 Å². The SMILES string of the molecule is C[C@@H](O)[C@H](NC(=O)OCc1ccccc1)C(=O)N[C@@H](CS)C(=O)O. The number of thiol groups is 1. The zero-order valence-corrected chi connectivity index (χ0v) is 13.9. The summed E-state index contributed by atoms with van der Waals surface area (Å²) in [6.07, 6.45) is -2.15. The van der Waals surface area contributed by atoms with Gasteiger partial charge in [0.25, 0.3) is 0 Å². The van der Waals surface area contributed by atoms with Crippen molar-refractivity contribution in [1.82, 2.24) is 10.6 Å². The van der Waals surface area contributed by atoms with E-state index in [1.165, 1.54) is 6.92 Å². The molecule has 1 rings (SSSR count). The van der Waals surface area contributed by atoms with Crippen LogP contribution >= 0.6 is 12.6 Å². The van der Waals surface area contributed by atoms with E-state index in [4.69, 9.17) is 9.84 Å². The quantitative estimate of drug-likeness (QED) is 0.423. The van der Waals surface area contributed by atoms with E-state index in [1.807, 2.05) is 6.07 Å². The van der Waals surface area contributed by atoms with Gasteiger partial charge in [0, 0.05) is 5.75 Å². The Hall–Kier alpha value is -2.26. The zero-order chi connectivity index (χ0) is 18.1. The van der Waals surface area contributed by atoms with Crippen LogP contribution < -0.4 is 10.6 Å². The average Bonchev–Trinajstić information content (AvgIpc) is 2.55. The Kier molecular flexibility index (Phi) is 8.07. The second kappa shape index (κ2) is 9.78. The fraction of sp³-hybridized carbons (Fsp3) is 0.400. The number of carbonyl (C=O) groups is 3. The minimum absolute atomic E-state index is 0.00475. The van der Waals surface area contributed by atoms with Crippen LogP contribution in [0.3, 0.4) is 0 Å². The smallest absolute Gasteiger partial charge is 0.408 e. The highest BCUT2D eigenvalue weighted by Gasteiger charge is 2.29. The summed E-state index contributed by atoms with van der Waals surface area (Å²) >= 11 is 3.82. The molecule has 0 fully saturated rings. The standard InChI is InChI=1S/C15H20N2O6S/c1-9(18)12(13(19)16-11(8-24)14(20)21)17-15(22)23-7-10-5-3-2-4-6-10/h2-6,9,11-12,18,24H,7-8H2,1H3,(H,16,19)(H,17,22)(H,20,21)/t9-,11+,12+/m1/s1. The van der Waals surface area contributed by atoms with Gasteiger partial charge in [-0.2, -0.15) is 12.6 Å². The summed E-state index contributed by atoms with van der Waals surface area (Å²) in [4.78, 5) is 34.7. The number of hydrogen-bond donors (Lipinski definition) is 5. The third-order valence-electron chi connectivity index (χ3n) is 3.05. The monoisotopic (exact) mass is 356 g/mol. The van der Waals surface area contributed by atoms with Crippen molar-refractivity contribution < 1.29 is 29.3 Å². The molecular formula is C15H20N2O6S. The van der Waals surface area contributed by atoms with Crippen LogP contribution in [-0.2, 0) is 20.9 Å². The van der Waals surface area contributed by atoms with Gasteiger partial charge < -0.3 is 25.6 Å². The van der Waals surface area contributed by atoms with Crippen LogP contribution in [0.2, 0.25) is 0 Å². The molecule has 3 atom stereocenters. The summed E-state index contributed by atoms with van der Waals surface area (Å²) in [5.41, 5.74) is 0.756. The number of nitrogens with one attached hydrogen (secondary N) is 2. The molecule has 8 nitrogen and oxygen atoms in total.